The number of benzene rings is 1. The van der Waals surface area contributed by atoms with Crippen LogP contribution in [0.5, 0.6) is 5.75 Å². The summed E-state index contributed by atoms with van der Waals surface area (Å²) in [5.41, 5.74) is 1.28. The Morgan fingerprint density at radius 2 is 2.35 bits per heavy atom. The van der Waals surface area contributed by atoms with E-state index < -0.39 is 0 Å². The average molecular weight is 232 g/mol. The number of hydrogen-bond donors (Lipinski definition) is 0. The lowest BCUT2D eigenvalue weighted by atomic mass is 10.1. The third-order valence-electron chi connectivity index (χ3n) is 2.95. The molecule has 1 unspecified atom stereocenters. The topological polar surface area (TPSA) is 21.8 Å². The highest BCUT2D eigenvalue weighted by molar-refractivity contribution is 5.28. The first kappa shape index (κ1) is 12.2. The van der Waals surface area contributed by atoms with E-state index in [4.69, 9.17) is 9.47 Å². The molecule has 0 spiro atoms. The summed E-state index contributed by atoms with van der Waals surface area (Å²) in [6, 6.07) is 8.32. The van der Waals surface area contributed by atoms with Crippen LogP contribution in [0.1, 0.15) is 25.3 Å². The van der Waals surface area contributed by atoms with Gasteiger partial charge in [0.05, 0.1) is 6.61 Å². The van der Waals surface area contributed by atoms with Gasteiger partial charge in [-0.3, -0.25) is 0 Å². The van der Waals surface area contributed by atoms with Crippen molar-refractivity contribution in [3.05, 3.63) is 42.5 Å². The molecule has 1 aliphatic heterocycles. The van der Waals surface area contributed by atoms with Crippen LogP contribution in [0.15, 0.2) is 36.9 Å². The summed E-state index contributed by atoms with van der Waals surface area (Å²) < 4.78 is 11.0. The van der Waals surface area contributed by atoms with Gasteiger partial charge in [-0.15, -0.1) is 6.58 Å². The first-order chi connectivity index (χ1) is 8.22. The maximum atomic E-state index is 5.73. The second-order valence-electron chi connectivity index (χ2n) is 4.86. The van der Waals surface area contributed by atoms with Crippen molar-refractivity contribution in [2.45, 2.75) is 31.8 Å². The third kappa shape index (κ3) is 3.90. The molecule has 0 amide bonds. The molecule has 0 radical (unpaired) electrons. The first-order valence-electron chi connectivity index (χ1n) is 6.18. The van der Waals surface area contributed by atoms with Crippen LogP contribution in [0.2, 0.25) is 0 Å². The zero-order chi connectivity index (χ0) is 12.1. The van der Waals surface area contributed by atoms with Crippen molar-refractivity contribution < 1.29 is 9.47 Å². The molecule has 0 bridgehead atoms. The Morgan fingerprint density at radius 1 is 1.53 bits per heavy atom. The summed E-state index contributed by atoms with van der Waals surface area (Å²) >= 11 is 0. The van der Waals surface area contributed by atoms with Crippen molar-refractivity contribution in [3.8, 4) is 5.75 Å². The van der Waals surface area contributed by atoms with E-state index in [1.165, 1.54) is 5.56 Å². The van der Waals surface area contributed by atoms with Gasteiger partial charge in [0.25, 0.3) is 0 Å². The maximum Gasteiger partial charge on any atom is 0.123 e. The van der Waals surface area contributed by atoms with E-state index in [2.05, 4.69) is 31.7 Å². The van der Waals surface area contributed by atoms with Gasteiger partial charge < -0.3 is 9.47 Å². The minimum Gasteiger partial charge on any atom is -0.490 e. The van der Waals surface area contributed by atoms with Gasteiger partial charge in [-0.25, -0.2) is 0 Å². The summed E-state index contributed by atoms with van der Waals surface area (Å²) in [4.78, 5) is 0. The molecule has 1 aromatic carbocycles. The molecule has 0 aliphatic carbocycles. The number of allylic oxidation sites excluding steroid dienone is 1. The molecule has 1 aromatic rings. The van der Waals surface area contributed by atoms with E-state index in [-0.39, 0.29) is 5.60 Å². The van der Waals surface area contributed by atoms with Gasteiger partial charge in [-0.05, 0) is 43.9 Å². The van der Waals surface area contributed by atoms with Crippen LogP contribution in [0.4, 0.5) is 0 Å². The number of unbranched alkanes of at least 4 members (excludes halogenated alkanes) is 1. The van der Waals surface area contributed by atoms with Crippen molar-refractivity contribution >= 4 is 0 Å². The number of hydrogen-bond acceptors (Lipinski definition) is 2. The highest BCUT2D eigenvalue weighted by atomic mass is 16.6. The van der Waals surface area contributed by atoms with E-state index in [1.54, 1.807) is 0 Å². The molecule has 2 heteroatoms. The fourth-order valence-corrected chi connectivity index (χ4v) is 1.68. The minimum atomic E-state index is -0.0428. The van der Waals surface area contributed by atoms with Crippen molar-refractivity contribution in [1.29, 1.82) is 0 Å². The van der Waals surface area contributed by atoms with Gasteiger partial charge in [-0.1, -0.05) is 18.2 Å². The van der Waals surface area contributed by atoms with Gasteiger partial charge in [0, 0.05) is 0 Å². The predicted molar refractivity (Wildman–Crippen MR) is 69.4 cm³/mol. The van der Waals surface area contributed by atoms with Crippen LogP contribution >= 0.6 is 0 Å². The van der Waals surface area contributed by atoms with E-state index in [9.17, 15) is 0 Å². The molecule has 1 aliphatic rings. The van der Waals surface area contributed by atoms with Crippen molar-refractivity contribution in [3.63, 3.8) is 0 Å². The van der Waals surface area contributed by atoms with E-state index in [0.29, 0.717) is 6.61 Å². The Labute approximate surface area is 103 Å². The highest BCUT2D eigenvalue weighted by Gasteiger charge is 2.40. The Bertz CT molecular complexity index is 380. The second-order valence-corrected chi connectivity index (χ2v) is 4.86. The smallest absolute Gasteiger partial charge is 0.123 e. The molecular weight excluding hydrogens is 212 g/mol. The normalized spacial score (nSPS) is 22.2. The largest absolute Gasteiger partial charge is 0.490 e. The third-order valence-corrected chi connectivity index (χ3v) is 2.95. The van der Waals surface area contributed by atoms with Gasteiger partial charge in [0.2, 0.25) is 0 Å². The molecule has 2 nitrogen and oxygen atoms in total. The minimum absolute atomic E-state index is 0.0428. The molecule has 1 atom stereocenters. The quantitative estimate of drug-likeness (QED) is 0.408. The molecular formula is C15H20O2. The number of epoxide rings is 1. The SMILES string of the molecule is C=CCCCc1cccc(OCC2(C)CO2)c1. The molecule has 0 saturated carbocycles. The molecule has 17 heavy (non-hydrogen) atoms. The van der Waals surface area contributed by atoms with Crippen LogP contribution < -0.4 is 4.74 Å². The van der Waals surface area contributed by atoms with Crippen LogP contribution in [0, 0.1) is 0 Å². The van der Waals surface area contributed by atoms with Crippen LogP contribution in [-0.2, 0) is 11.2 Å². The summed E-state index contributed by atoms with van der Waals surface area (Å²) in [5.74, 6) is 0.942. The zero-order valence-electron chi connectivity index (χ0n) is 10.4. The molecule has 1 saturated heterocycles. The fraction of sp³-hybridized carbons (Fsp3) is 0.467. The highest BCUT2D eigenvalue weighted by Crippen LogP contribution is 2.27. The molecule has 92 valence electrons. The standard InChI is InChI=1S/C15H20O2/c1-3-4-5-7-13-8-6-9-14(10-13)16-11-15(2)12-17-15/h3,6,8-10H,1,4-5,7,11-12H2,2H3. The lowest BCUT2D eigenvalue weighted by Crippen LogP contribution is -2.16. The van der Waals surface area contributed by atoms with Crippen molar-refractivity contribution in [1.82, 2.24) is 0 Å². The average Bonchev–Trinajstić information content (AvgIpc) is 3.07. The van der Waals surface area contributed by atoms with Crippen LogP contribution in [0.3, 0.4) is 0 Å². The Morgan fingerprint density at radius 3 is 3.06 bits per heavy atom. The molecule has 1 heterocycles. The number of ether oxygens (including phenoxy) is 2. The lowest BCUT2D eigenvalue weighted by Gasteiger charge is -2.10. The molecule has 0 N–H and O–H groups in total. The molecule has 0 aromatic heterocycles. The van der Waals surface area contributed by atoms with Crippen LogP contribution in [-0.4, -0.2) is 18.8 Å². The molecule has 1 fully saturated rings. The maximum absolute atomic E-state index is 5.73. The van der Waals surface area contributed by atoms with E-state index in [0.717, 1.165) is 31.6 Å². The Balaban J connectivity index is 1.84. The van der Waals surface area contributed by atoms with Gasteiger partial charge in [0.15, 0.2) is 0 Å². The number of rotatable bonds is 7. The lowest BCUT2D eigenvalue weighted by molar-refractivity contribution is 0.202. The molecule has 2 rings (SSSR count). The second kappa shape index (κ2) is 5.37. The fourth-order valence-electron chi connectivity index (χ4n) is 1.68. The van der Waals surface area contributed by atoms with E-state index in [1.807, 2.05) is 12.1 Å². The monoisotopic (exact) mass is 232 g/mol. The number of aryl methyl sites for hydroxylation is 1. The summed E-state index contributed by atoms with van der Waals surface area (Å²) in [6.45, 7) is 7.26. The predicted octanol–water partition coefficient (Wildman–Crippen LogP) is 3.36. The van der Waals surface area contributed by atoms with Crippen molar-refractivity contribution in [2.24, 2.45) is 0 Å². The van der Waals surface area contributed by atoms with Gasteiger partial charge >= 0.3 is 0 Å². The zero-order valence-corrected chi connectivity index (χ0v) is 10.4. The van der Waals surface area contributed by atoms with Crippen molar-refractivity contribution in [2.75, 3.05) is 13.2 Å². The van der Waals surface area contributed by atoms with Crippen LogP contribution in [0.25, 0.3) is 0 Å². The summed E-state index contributed by atoms with van der Waals surface area (Å²) in [5, 5.41) is 0. The summed E-state index contributed by atoms with van der Waals surface area (Å²) in [6.07, 6.45) is 5.26. The Hall–Kier alpha value is -1.28. The van der Waals surface area contributed by atoms with Gasteiger partial charge in [-0.2, -0.15) is 0 Å². The summed E-state index contributed by atoms with van der Waals surface area (Å²) in [7, 11) is 0. The first-order valence-corrected chi connectivity index (χ1v) is 6.18. The Kier molecular flexibility index (Phi) is 3.85. The van der Waals surface area contributed by atoms with E-state index >= 15 is 0 Å². The van der Waals surface area contributed by atoms with Gasteiger partial charge in [0.1, 0.15) is 18.0 Å².